The number of rotatable bonds is 3. The highest BCUT2D eigenvalue weighted by molar-refractivity contribution is 8.04. The van der Waals surface area contributed by atoms with E-state index >= 15 is 0 Å². The summed E-state index contributed by atoms with van der Waals surface area (Å²) in [6.45, 7) is 0. The summed E-state index contributed by atoms with van der Waals surface area (Å²) in [6.07, 6.45) is 2.35. The number of carbonyl (C=O) groups is 2. The summed E-state index contributed by atoms with van der Waals surface area (Å²) >= 11 is 0. The van der Waals surface area contributed by atoms with Crippen molar-refractivity contribution in [1.29, 1.82) is 0 Å². The summed E-state index contributed by atoms with van der Waals surface area (Å²) in [5.74, 6) is -0.651. The highest BCUT2D eigenvalue weighted by Crippen LogP contribution is 2.24. The molecule has 1 heterocycles. The number of imide groups is 1. The molecule has 1 unspecified atom stereocenters. The summed E-state index contributed by atoms with van der Waals surface area (Å²) in [5, 5.41) is 0. The van der Waals surface area contributed by atoms with Crippen molar-refractivity contribution in [2.45, 2.75) is 0 Å². The van der Waals surface area contributed by atoms with E-state index in [4.69, 9.17) is 14.9 Å². The molecule has 1 aliphatic rings. The van der Waals surface area contributed by atoms with Crippen LogP contribution in [0.3, 0.4) is 0 Å². The van der Waals surface area contributed by atoms with Crippen LogP contribution in [0, 0.1) is 0 Å². The number of halogens is 1. The zero-order valence-corrected chi connectivity index (χ0v) is 9.90. The molecule has 0 fully saturated rings. The van der Waals surface area contributed by atoms with Gasteiger partial charge in [-0.2, -0.15) is 4.21 Å². The van der Waals surface area contributed by atoms with Gasteiger partial charge in [-0.1, -0.05) is 6.07 Å². The summed E-state index contributed by atoms with van der Waals surface area (Å²) < 4.78 is 15.4. The molecule has 1 atom stereocenters. The van der Waals surface area contributed by atoms with Crippen LogP contribution in [0.25, 0.3) is 0 Å². The van der Waals surface area contributed by atoms with Crippen LogP contribution in [0.2, 0.25) is 0 Å². The van der Waals surface area contributed by atoms with Gasteiger partial charge < -0.3 is 4.18 Å². The molecule has 2 rings (SSSR count). The SMILES string of the molecule is O=C1C=CC(=O)N1c1cccc(OS(=O)Cl)c1. The van der Waals surface area contributed by atoms with Crippen LogP contribution in [-0.4, -0.2) is 16.0 Å². The maximum absolute atomic E-state index is 11.4. The average molecular weight is 272 g/mol. The van der Waals surface area contributed by atoms with Gasteiger partial charge in [0.05, 0.1) is 5.69 Å². The Bertz CT molecular complexity index is 525. The average Bonchev–Trinajstić information content (AvgIpc) is 2.58. The van der Waals surface area contributed by atoms with Gasteiger partial charge in [0.2, 0.25) is 0 Å². The first-order valence-corrected chi connectivity index (χ1v) is 6.40. The Morgan fingerprint density at radius 1 is 1.18 bits per heavy atom. The molecular weight excluding hydrogens is 266 g/mol. The number of hydrogen-bond donors (Lipinski definition) is 0. The molecule has 88 valence electrons. The lowest BCUT2D eigenvalue weighted by Gasteiger charge is -2.14. The van der Waals surface area contributed by atoms with Gasteiger partial charge >= 0.3 is 10.3 Å². The zero-order chi connectivity index (χ0) is 12.4. The van der Waals surface area contributed by atoms with Crippen LogP contribution in [-0.2, 0) is 19.9 Å². The molecule has 7 heteroatoms. The Morgan fingerprint density at radius 3 is 2.41 bits per heavy atom. The Kier molecular flexibility index (Phi) is 3.26. The molecule has 2 amide bonds. The number of carbonyl (C=O) groups excluding carboxylic acids is 2. The van der Waals surface area contributed by atoms with E-state index in [2.05, 4.69) is 0 Å². The van der Waals surface area contributed by atoms with E-state index in [1.165, 1.54) is 24.3 Å². The van der Waals surface area contributed by atoms with Crippen molar-refractivity contribution < 1.29 is 18.0 Å². The minimum atomic E-state index is -1.98. The van der Waals surface area contributed by atoms with Crippen molar-refractivity contribution in [3.63, 3.8) is 0 Å². The summed E-state index contributed by atoms with van der Waals surface area (Å²) in [7, 11) is 3.20. The third-order valence-electron chi connectivity index (χ3n) is 2.05. The first kappa shape index (κ1) is 11.8. The van der Waals surface area contributed by atoms with Gasteiger partial charge in [-0.25, -0.2) is 4.90 Å². The number of amides is 2. The van der Waals surface area contributed by atoms with Crippen LogP contribution < -0.4 is 9.08 Å². The second-order valence-electron chi connectivity index (χ2n) is 3.12. The van der Waals surface area contributed by atoms with E-state index in [0.29, 0.717) is 5.69 Å². The zero-order valence-electron chi connectivity index (χ0n) is 8.33. The van der Waals surface area contributed by atoms with Gasteiger partial charge in [-0.15, -0.1) is 0 Å². The summed E-state index contributed by atoms with van der Waals surface area (Å²) in [5.41, 5.74) is 0.338. The molecule has 0 radical (unpaired) electrons. The number of hydrogen-bond acceptors (Lipinski definition) is 4. The maximum Gasteiger partial charge on any atom is 0.308 e. The molecule has 5 nitrogen and oxygen atoms in total. The molecular formula is C10H6ClNO4S. The fourth-order valence-electron chi connectivity index (χ4n) is 1.40. The van der Waals surface area contributed by atoms with E-state index in [0.717, 1.165) is 4.90 Å². The van der Waals surface area contributed by atoms with Crippen LogP contribution in [0.15, 0.2) is 36.4 Å². The van der Waals surface area contributed by atoms with E-state index in [9.17, 15) is 13.8 Å². The van der Waals surface area contributed by atoms with Gasteiger partial charge in [-0.05, 0) is 12.1 Å². The van der Waals surface area contributed by atoms with Gasteiger partial charge in [-0.3, -0.25) is 9.59 Å². The van der Waals surface area contributed by atoms with E-state index in [1.807, 2.05) is 0 Å². The lowest BCUT2D eigenvalue weighted by molar-refractivity contribution is -0.119. The smallest absolute Gasteiger partial charge is 0.308 e. The Hall–Kier alpha value is -1.66. The monoisotopic (exact) mass is 271 g/mol. The maximum atomic E-state index is 11.4. The minimum absolute atomic E-state index is 0.211. The molecule has 0 saturated heterocycles. The lowest BCUT2D eigenvalue weighted by Crippen LogP contribution is -2.29. The topological polar surface area (TPSA) is 63.7 Å². The highest BCUT2D eigenvalue weighted by atomic mass is 35.7. The van der Waals surface area contributed by atoms with Gasteiger partial charge in [0.1, 0.15) is 5.75 Å². The normalized spacial score (nSPS) is 16.4. The third kappa shape index (κ3) is 2.54. The van der Waals surface area contributed by atoms with E-state index in [1.54, 1.807) is 12.1 Å². The van der Waals surface area contributed by atoms with Crippen LogP contribution in [0.1, 0.15) is 0 Å². The number of benzene rings is 1. The summed E-state index contributed by atoms with van der Waals surface area (Å²) in [4.78, 5) is 23.8. The molecule has 0 bridgehead atoms. The molecule has 17 heavy (non-hydrogen) atoms. The second-order valence-corrected chi connectivity index (χ2v) is 4.43. The van der Waals surface area contributed by atoms with E-state index < -0.39 is 22.1 Å². The molecule has 0 aromatic heterocycles. The van der Waals surface area contributed by atoms with Gasteiger partial charge in [0.25, 0.3) is 11.8 Å². The van der Waals surface area contributed by atoms with Gasteiger partial charge in [0, 0.05) is 28.9 Å². The van der Waals surface area contributed by atoms with Crippen molar-refractivity contribution in [2.24, 2.45) is 0 Å². The first-order valence-electron chi connectivity index (χ1n) is 4.50. The molecule has 1 aromatic rings. The van der Waals surface area contributed by atoms with Crippen molar-refractivity contribution in [1.82, 2.24) is 0 Å². The summed E-state index contributed by atoms with van der Waals surface area (Å²) in [6, 6.07) is 6.05. The number of nitrogens with zero attached hydrogens (tertiary/aromatic N) is 1. The molecule has 1 aromatic carbocycles. The Morgan fingerprint density at radius 2 is 1.82 bits per heavy atom. The van der Waals surface area contributed by atoms with Crippen molar-refractivity contribution in [3.8, 4) is 5.75 Å². The van der Waals surface area contributed by atoms with Crippen LogP contribution in [0.5, 0.6) is 5.75 Å². The molecule has 0 saturated carbocycles. The number of anilines is 1. The van der Waals surface area contributed by atoms with Gasteiger partial charge in [0.15, 0.2) is 0 Å². The quantitative estimate of drug-likeness (QED) is 0.614. The first-order chi connectivity index (χ1) is 8.08. The largest absolute Gasteiger partial charge is 0.389 e. The molecule has 0 aliphatic carbocycles. The van der Waals surface area contributed by atoms with Crippen molar-refractivity contribution in [2.75, 3.05) is 4.90 Å². The van der Waals surface area contributed by atoms with Crippen LogP contribution >= 0.6 is 10.7 Å². The Labute approximate surface area is 104 Å². The van der Waals surface area contributed by atoms with Crippen molar-refractivity contribution >= 4 is 38.5 Å². The highest BCUT2D eigenvalue weighted by Gasteiger charge is 2.25. The molecule has 1 aliphatic heterocycles. The lowest BCUT2D eigenvalue weighted by atomic mass is 10.3. The molecule has 0 N–H and O–H groups in total. The second kappa shape index (κ2) is 4.68. The fraction of sp³-hybridized carbons (Fsp3) is 0. The van der Waals surface area contributed by atoms with Crippen LogP contribution in [0.4, 0.5) is 5.69 Å². The third-order valence-corrected chi connectivity index (χ3v) is 2.56. The predicted octanol–water partition coefficient (Wildman–Crippen LogP) is 1.31. The standard InChI is InChI=1S/C10H6ClNO4S/c11-17(15)16-8-3-1-2-7(6-8)12-9(13)4-5-10(12)14/h1-6H. The predicted molar refractivity (Wildman–Crippen MR) is 62.7 cm³/mol. The van der Waals surface area contributed by atoms with E-state index in [-0.39, 0.29) is 5.75 Å². The fourth-order valence-corrected chi connectivity index (χ4v) is 1.88. The van der Waals surface area contributed by atoms with Crippen molar-refractivity contribution in [3.05, 3.63) is 36.4 Å². The minimum Gasteiger partial charge on any atom is -0.389 e. The Balaban J connectivity index is 2.30. The molecule has 0 spiro atoms.